The molecular formula is C23H31NO8S2. The lowest BCUT2D eigenvalue weighted by Crippen LogP contribution is -2.33. The molecule has 0 saturated carbocycles. The number of benzene rings is 2. The maximum atomic E-state index is 12.0. The second-order valence-corrected chi connectivity index (χ2v) is 11.5. The molecule has 0 amide bonds. The van der Waals surface area contributed by atoms with Crippen LogP contribution in [0.15, 0.2) is 42.5 Å². The summed E-state index contributed by atoms with van der Waals surface area (Å²) in [6.07, 6.45) is 3.77. The van der Waals surface area contributed by atoms with Crippen LogP contribution in [-0.2, 0) is 20.2 Å². The van der Waals surface area contributed by atoms with E-state index in [1.165, 1.54) is 51.3 Å². The van der Waals surface area contributed by atoms with Gasteiger partial charge in [-0.3, -0.25) is 4.90 Å². The lowest BCUT2D eigenvalue weighted by atomic mass is 10.1. The van der Waals surface area contributed by atoms with Gasteiger partial charge in [0.2, 0.25) is 0 Å². The Morgan fingerprint density at radius 1 is 0.735 bits per heavy atom. The van der Waals surface area contributed by atoms with E-state index in [4.69, 9.17) is 17.8 Å². The first-order valence-electron chi connectivity index (χ1n) is 11.3. The first-order valence-corrected chi connectivity index (χ1v) is 14.5. The Morgan fingerprint density at radius 3 is 1.97 bits per heavy atom. The number of piperidine rings is 1. The fraction of sp³-hybridized carbons (Fsp3) is 0.478. The van der Waals surface area contributed by atoms with E-state index in [-0.39, 0.29) is 28.8 Å². The van der Waals surface area contributed by atoms with Crippen LogP contribution in [0.25, 0.3) is 0 Å². The maximum Gasteiger partial charge on any atom is 0.309 e. The van der Waals surface area contributed by atoms with Crippen molar-refractivity contribution in [1.82, 2.24) is 4.90 Å². The molecule has 0 bridgehead atoms. The Bertz CT molecular complexity index is 1140. The van der Waals surface area contributed by atoms with E-state index in [1.54, 1.807) is 24.3 Å². The highest BCUT2D eigenvalue weighted by Crippen LogP contribution is 2.36. The van der Waals surface area contributed by atoms with Crippen molar-refractivity contribution >= 4 is 20.2 Å². The van der Waals surface area contributed by atoms with Gasteiger partial charge in [0.1, 0.15) is 23.9 Å². The molecule has 11 heteroatoms. The smallest absolute Gasteiger partial charge is 0.309 e. The van der Waals surface area contributed by atoms with Gasteiger partial charge in [-0.1, -0.05) is 6.42 Å². The first kappa shape index (κ1) is 26.1. The third-order valence-electron chi connectivity index (χ3n) is 5.24. The highest BCUT2D eigenvalue weighted by atomic mass is 32.2. The minimum absolute atomic E-state index is 0.0760. The molecule has 0 unspecified atom stereocenters. The zero-order valence-electron chi connectivity index (χ0n) is 19.4. The third-order valence-corrected chi connectivity index (χ3v) is 7.53. The monoisotopic (exact) mass is 513 g/mol. The van der Waals surface area contributed by atoms with Crippen LogP contribution in [0.2, 0.25) is 0 Å². The summed E-state index contributed by atoms with van der Waals surface area (Å²) in [5.74, 6) is 0.465. The number of likely N-dealkylation sites (tertiary alicyclic amines) is 1. The van der Waals surface area contributed by atoms with Crippen LogP contribution in [0.3, 0.4) is 0 Å². The van der Waals surface area contributed by atoms with Crippen LogP contribution in [0.5, 0.6) is 28.7 Å². The predicted molar refractivity (Wildman–Crippen MR) is 129 cm³/mol. The van der Waals surface area contributed by atoms with Gasteiger partial charge in [-0.05, 0) is 76.2 Å². The van der Waals surface area contributed by atoms with Crippen molar-refractivity contribution in [3.8, 4) is 28.7 Å². The van der Waals surface area contributed by atoms with Crippen molar-refractivity contribution in [2.75, 3.05) is 37.7 Å². The van der Waals surface area contributed by atoms with E-state index in [1.807, 2.05) is 0 Å². The SMILES string of the molecule is CCS(=O)(=O)Oc1ccc(Oc2ccc(OCCN3CCCCC3)cc2)c(OS(=O)(=O)CC)c1. The average Bonchev–Trinajstić information content (AvgIpc) is 2.82. The highest BCUT2D eigenvalue weighted by Gasteiger charge is 2.18. The van der Waals surface area contributed by atoms with E-state index >= 15 is 0 Å². The molecule has 1 fully saturated rings. The van der Waals surface area contributed by atoms with Crippen molar-refractivity contribution in [3.05, 3.63) is 42.5 Å². The van der Waals surface area contributed by atoms with Crippen molar-refractivity contribution < 1.29 is 34.7 Å². The quantitative estimate of drug-likeness (QED) is 0.392. The van der Waals surface area contributed by atoms with Gasteiger partial charge in [0.25, 0.3) is 0 Å². The van der Waals surface area contributed by atoms with Crippen LogP contribution in [0, 0.1) is 0 Å². The minimum Gasteiger partial charge on any atom is -0.492 e. The van der Waals surface area contributed by atoms with Crippen molar-refractivity contribution in [2.45, 2.75) is 33.1 Å². The number of hydrogen-bond donors (Lipinski definition) is 0. The second-order valence-electron chi connectivity index (χ2n) is 7.79. The molecule has 0 N–H and O–H groups in total. The van der Waals surface area contributed by atoms with Gasteiger partial charge in [0, 0.05) is 12.6 Å². The zero-order valence-corrected chi connectivity index (χ0v) is 21.1. The van der Waals surface area contributed by atoms with Crippen molar-refractivity contribution in [1.29, 1.82) is 0 Å². The molecule has 0 aromatic heterocycles. The van der Waals surface area contributed by atoms with E-state index in [0.717, 1.165) is 19.6 Å². The number of nitrogens with zero attached hydrogens (tertiary/aromatic N) is 1. The molecule has 2 aromatic rings. The summed E-state index contributed by atoms with van der Waals surface area (Å²) in [4.78, 5) is 2.39. The Kier molecular flexibility index (Phi) is 9.03. The molecule has 34 heavy (non-hydrogen) atoms. The Morgan fingerprint density at radius 2 is 1.32 bits per heavy atom. The second kappa shape index (κ2) is 11.8. The van der Waals surface area contributed by atoms with Gasteiger partial charge >= 0.3 is 20.2 Å². The molecule has 188 valence electrons. The lowest BCUT2D eigenvalue weighted by Gasteiger charge is -2.26. The summed E-state index contributed by atoms with van der Waals surface area (Å²) in [6.45, 7) is 6.57. The molecular weight excluding hydrogens is 482 g/mol. The molecule has 1 saturated heterocycles. The summed E-state index contributed by atoms with van der Waals surface area (Å²) in [5.41, 5.74) is 0. The Labute approximate surface area is 201 Å². The van der Waals surface area contributed by atoms with E-state index in [2.05, 4.69) is 4.90 Å². The fourth-order valence-electron chi connectivity index (χ4n) is 3.30. The number of hydrogen-bond acceptors (Lipinski definition) is 9. The minimum atomic E-state index is -3.89. The van der Waals surface area contributed by atoms with Crippen LogP contribution in [0.1, 0.15) is 33.1 Å². The molecule has 1 heterocycles. The van der Waals surface area contributed by atoms with Gasteiger partial charge < -0.3 is 17.8 Å². The van der Waals surface area contributed by atoms with E-state index < -0.39 is 20.2 Å². The molecule has 2 aromatic carbocycles. The zero-order chi connectivity index (χ0) is 24.6. The highest BCUT2D eigenvalue weighted by molar-refractivity contribution is 7.87. The van der Waals surface area contributed by atoms with Gasteiger partial charge in [-0.2, -0.15) is 16.8 Å². The van der Waals surface area contributed by atoms with E-state index in [0.29, 0.717) is 18.1 Å². The van der Waals surface area contributed by atoms with Gasteiger partial charge in [-0.25, -0.2) is 0 Å². The van der Waals surface area contributed by atoms with Crippen LogP contribution >= 0.6 is 0 Å². The molecule has 0 spiro atoms. The summed E-state index contributed by atoms with van der Waals surface area (Å²) in [7, 11) is -7.68. The molecule has 1 aliphatic heterocycles. The Hall–Kier alpha value is -2.50. The topological polar surface area (TPSA) is 108 Å². The van der Waals surface area contributed by atoms with Crippen molar-refractivity contribution in [2.24, 2.45) is 0 Å². The van der Waals surface area contributed by atoms with E-state index in [9.17, 15) is 16.8 Å². The Balaban J connectivity index is 1.68. The summed E-state index contributed by atoms with van der Waals surface area (Å²) >= 11 is 0. The standard InChI is InChI=1S/C23H31NO8S2/c1-3-33(25,26)31-21-12-13-22(23(18-21)32-34(27,28)4-2)30-20-10-8-19(9-11-20)29-17-16-24-14-6-5-7-15-24/h8-13,18H,3-7,14-17H2,1-2H3. The molecule has 0 atom stereocenters. The predicted octanol–water partition coefficient (Wildman–Crippen LogP) is 3.80. The molecule has 0 radical (unpaired) electrons. The largest absolute Gasteiger partial charge is 0.492 e. The first-order chi connectivity index (χ1) is 16.2. The van der Waals surface area contributed by atoms with Gasteiger partial charge in [0.05, 0.1) is 11.5 Å². The summed E-state index contributed by atoms with van der Waals surface area (Å²) in [5, 5.41) is 0. The maximum absolute atomic E-state index is 12.0. The van der Waals surface area contributed by atoms with Crippen LogP contribution in [-0.4, -0.2) is 59.5 Å². The summed E-state index contributed by atoms with van der Waals surface area (Å²) < 4.78 is 69.3. The number of ether oxygens (including phenoxy) is 2. The van der Waals surface area contributed by atoms with Crippen LogP contribution < -0.4 is 17.8 Å². The third kappa shape index (κ3) is 8.07. The number of rotatable bonds is 12. The van der Waals surface area contributed by atoms with Crippen molar-refractivity contribution in [3.63, 3.8) is 0 Å². The molecule has 0 aliphatic carbocycles. The normalized spacial score (nSPS) is 15.0. The van der Waals surface area contributed by atoms with Crippen LogP contribution in [0.4, 0.5) is 0 Å². The lowest BCUT2D eigenvalue weighted by molar-refractivity contribution is 0.183. The molecule has 1 aliphatic rings. The fourth-order valence-corrected chi connectivity index (χ4v) is 4.33. The summed E-state index contributed by atoms with van der Waals surface area (Å²) in [6, 6.07) is 10.9. The van der Waals surface area contributed by atoms with Gasteiger partial charge in [-0.15, -0.1) is 0 Å². The average molecular weight is 514 g/mol. The van der Waals surface area contributed by atoms with Gasteiger partial charge in [0.15, 0.2) is 11.5 Å². The molecule has 3 rings (SSSR count). The molecule has 9 nitrogen and oxygen atoms in total.